The van der Waals surface area contributed by atoms with Gasteiger partial charge in [0, 0.05) is 26.1 Å². The van der Waals surface area contributed by atoms with Gasteiger partial charge in [0.2, 0.25) is 0 Å². The smallest absolute Gasteiger partial charge is 0.262 e. The van der Waals surface area contributed by atoms with Gasteiger partial charge in [-0.25, -0.2) is 8.42 Å². The number of rotatable bonds is 4. The summed E-state index contributed by atoms with van der Waals surface area (Å²) in [5.41, 5.74) is 6.02. The topological polar surface area (TPSA) is 72.2 Å². The van der Waals surface area contributed by atoms with Gasteiger partial charge in [-0.15, -0.1) is 11.3 Å². The van der Waals surface area contributed by atoms with Crippen molar-refractivity contribution in [3.8, 4) is 0 Å². The molecule has 18 heavy (non-hydrogen) atoms. The maximum absolute atomic E-state index is 12.1. The fourth-order valence-electron chi connectivity index (χ4n) is 1.34. The lowest BCUT2D eigenvalue weighted by molar-refractivity contribution is 0.601. The van der Waals surface area contributed by atoms with E-state index in [0.29, 0.717) is 12.2 Å². The third-order valence-electron chi connectivity index (χ3n) is 2.24. The van der Waals surface area contributed by atoms with Gasteiger partial charge in [-0.3, -0.25) is 4.72 Å². The highest BCUT2D eigenvalue weighted by Crippen LogP contribution is 2.22. The Morgan fingerprint density at radius 3 is 2.50 bits per heavy atom. The molecule has 2 rings (SSSR count). The highest BCUT2D eigenvalue weighted by atomic mass is 127. The second kappa shape index (κ2) is 5.55. The first-order valence-electron chi connectivity index (χ1n) is 5.07. The van der Waals surface area contributed by atoms with Crippen LogP contribution in [-0.2, 0) is 16.6 Å². The molecule has 96 valence electrons. The molecule has 0 aliphatic heterocycles. The SMILES string of the molecule is NCc1cc(S(=O)(=O)Nc2ccc(I)cc2)cs1. The molecule has 0 aliphatic rings. The van der Waals surface area contributed by atoms with E-state index in [4.69, 9.17) is 5.73 Å². The van der Waals surface area contributed by atoms with Crippen LogP contribution in [0.15, 0.2) is 40.6 Å². The molecule has 0 radical (unpaired) electrons. The first-order valence-corrected chi connectivity index (χ1v) is 8.51. The molecular weight excluding hydrogens is 383 g/mol. The Kier molecular flexibility index (Phi) is 4.25. The Balaban J connectivity index is 2.24. The summed E-state index contributed by atoms with van der Waals surface area (Å²) in [7, 11) is -3.51. The number of halogens is 1. The van der Waals surface area contributed by atoms with E-state index in [0.717, 1.165) is 8.45 Å². The molecule has 2 aromatic rings. The Morgan fingerprint density at radius 1 is 1.28 bits per heavy atom. The number of anilines is 1. The molecule has 1 aromatic heterocycles. The summed E-state index contributed by atoms with van der Waals surface area (Å²) in [5, 5.41) is 1.59. The van der Waals surface area contributed by atoms with Crippen molar-refractivity contribution in [3.05, 3.63) is 44.2 Å². The lowest BCUT2D eigenvalue weighted by Crippen LogP contribution is -2.12. The highest BCUT2D eigenvalue weighted by Gasteiger charge is 2.15. The fourth-order valence-corrected chi connectivity index (χ4v) is 3.91. The van der Waals surface area contributed by atoms with Gasteiger partial charge >= 0.3 is 0 Å². The molecule has 7 heteroatoms. The first kappa shape index (κ1) is 13.8. The molecule has 0 saturated heterocycles. The van der Waals surface area contributed by atoms with Crippen LogP contribution in [0.4, 0.5) is 5.69 Å². The number of thiophene rings is 1. The van der Waals surface area contributed by atoms with Crippen LogP contribution in [0, 0.1) is 3.57 Å². The summed E-state index contributed by atoms with van der Waals surface area (Å²) in [6.45, 7) is 0.351. The van der Waals surface area contributed by atoms with E-state index < -0.39 is 10.0 Å². The zero-order valence-corrected chi connectivity index (χ0v) is 13.1. The van der Waals surface area contributed by atoms with Gasteiger partial charge in [0.25, 0.3) is 10.0 Å². The lowest BCUT2D eigenvalue weighted by atomic mass is 10.3. The van der Waals surface area contributed by atoms with E-state index in [9.17, 15) is 8.42 Å². The van der Waals surface area contributed by atoms with E-state index >= 15 is 0 Å². The molecule has 0 unspecified atom stereocenters. The zero-order valence-electron chi connectivity index (χ0n) is 9.26. The average Bonchev–Trinajstić information content (AvgIpc) is 2.81. The zero-order chi connectivity index (χ0) is 13.2. The molecule has 0 spiro atoms. The monoisotopic (exact) mass is 394 g/mol. The standard InChI is InChI=1S/C11H11IN2O2S2/c12-8-1-3-9(4-2-8)14-18(15,16)11-5-10(6-13)17-7-11/h1-5,7,14H,6,13H2. The van der Waals surface area contributed by atoms with Crippen molar-refractivity contribution in [2.75, 3.05) is 4.72 Å². The van der Waals surface area contributed by atoms with E-state index in [2.05, 4.69) is 27.3 Å². The number of nitrogens with two attached hydrogens (primary N) is 1. The second-order valence-corrected chi connectivity index (χ2v) is 7.49. The van der Waals surface area contributed by atoms with Crippen molar-refractivity contribution in [1.29, 1.82) is 0 Å². The molecule has 0 aliphatic carbocycles. The minimum atomic E-state index is -3.51. The summed E-state index contributed by atoms with van der Waals surface area (Å²) in [4.78, 5) is 1.10. The van der Waals surface area contributed by atoms with Gasteiger partial charge in [-0.2, -0.15) is 0 Å². The van der Waals surface area contributed by atoms with Crippen LogP contribution in [0.2, 0.25) is 0 Å². The van der Waals surface area contributed by atoms with Crippen LogP contribution in [0.25, 0.3) is 0 Å². The fraction of sp³-hybridized carbons (Fsp3) is 0.0909. The summed E-state index contributed by atoms with van der Waals surface area (Å²) >= 11 is 3.51. The van der Waals surface area contributed by atoms with E-state index in [-0.39, 0.29) is 4.90 Å². The number of benzene rings is 1. The minimum absolute atomic E-state index is 0.256. The maximum atomic E-state index is 12.1. The van der Waals surface area contributed by atoms with Crippen molar-refractivity contribution >= 4 is 49.6 Å². The van der Waals surface area contributed by atoms with Gasteiger partial charge in [0.05, 0.1) is 4.90 Å². The molecule has 1 heterocycles. The number of sulfonamides is 1. The van der Waals surface area contributed by atoms with Crippen LogP contribution < -0.4 is 10.5 Å². The largest absolute Gasteiger partial charge is 0.326 e. The maximum Gasteiger partial charge on any atom is 0.262 e. The Labute approximate surface area is 123 Å². The van der Waals surface area contributed by atoms with Crippen LogP contribution in [0.5, 0.6) is 0 Å². The first-order chi connectivity index (χ1) is 8.51. The quantitative estimate of drug-likeness (QED) is 0.784. The summed E-state index contributed by atoms with van der Waals surface area (Å²) in [6.07, 6.45) is 0. The molecule has 0 saturated carbocycles. The van der Waals surface area contributed by atoms with Crippen molar-refractivity contribution < 1.29 is 8.42 Å². The number of hydrogen-bond acceptors (Lipinski definition) is 4. The van der Waals surface area contributed by atoms with Crippen molar-refractivity contribution in [1.82, 2.24) is 0 Å². The molecule has 3 N–H and O–H groups in total. The van der Waals surface area contributed by atoms with Crippen molar-refractivity contribution in [3.63, 3.8) is 0 Å². The summed E-state index contributed by atoms with van der Waals surface area (Å²) in [6, 6.07) is 8.75. The third-order valence-corrected chi connectivity index (χ3v) is 5.43. The highest BCUT2D eigenvalue weighted by molar-refractivity contribution is 14.1. The van der Waals surface area contributed by atoms with E-state index in [1.165, 1.54) is 11.3 Å². The third kappa shape index (κ3) is 3.22. The molecule has 1 aromatic carbocycles. The average molecular weight is 394 g/mol. The Bertz CT molecular complexity index is 635. The predicted molar refractivity (Wildman–Crippen MR) is 82.2 cm³/mol. The molecule has 0 amide bonds. The van der Waals surface area contributed by atoms with Crippen LogP contribution in [-0.4, -0.2) is 8.42 Å². The Hall–Kier alpha value is -0.640. The van der Waals surface area contributed by atoms with Gasteiger partial charge in [0.15, 0.2) is 0 Å². The van der Waals surface area contributed by atoms with Crippen LogP contribution >= 0.6 is 33.9 Å². The van der Waals surface area contributed by atoms with E-state index in [1.54, 1.807) is 23.6 Å². The molecular formula is C11H11IN2O2S2. The summed E-state index contributed by atoms with van der Waals surface area (Å²) in [5.74, 6) is 0. The molecule has 0 fully saturated rings. The van der Waals surface area contributed by atoms with Gasteiger partial charge in [0.1, 0.15) is 0 Å². The van der Waals surface area contributed by atoms with Crippen molar-refractivity contribution in [2.24, 2.45) is 5.73 Å². The van der Waals surface area contributed by atoms with Crippen molar-refractivity contribution in [2.45, 2.75) is 11.4 Å². The molecule has 0 bridgehead atoms. The summed E-state index contributed by atoms with van der Waals surface area (Å²) < 4.78 is 27.7. The Morgan fingerprint density at radius 2 is 1.94 bits per heavy atom. The van der Waals surface area contributed by atoms with Gasteiger partial charge in [-0.05, 0) is 52.9 Å². The number of hydrogen-bond donors (Lipinski definition) is 2. The lowest BCUT2D eigenvalue weighted by Gasteiger charge is -2.06. The van der Waals surface area contributed by atoms with Crippen LogP contribution in [0.3, 0.4) is 0 Å². The molecule has 0 atom stereocenters. The normalized spacial score (nSPS) is 11.4. The second-order valence-electron chi connectivity index (χ2n) is 3.57. The van der Waals surface area contributed by atoms with Crippen LogP contribution in [0.1, 0.15) is 4.88 Å². The van der Waals surface area contributed by atoms with Gasteiger partial charge < -0.3 is 5.73 Å². The number of nitrogens with one attached hydrogen (secondary N) is 1. The van der Waals surface area contributed by atoms with E-state index in [1.807, 2.05) is 12.1 Å². The molecule has 4 nitrogen and oxygen atoms in total. The predicted octanol–water partition coefficient (Wildman–Crippen LogP) is 2.61. The minimum Gasteiger partial charge on any atom is -0.326 e. The van der Waals surface area contributed by atoms with Gasteiger partial charge in [-0.1, -0.05) is 0 Å².